The topological polar surface area (TPSA) is 50.7 Å². The Hall–Kier alpha value is -1.78. The molecule has 0 aliphatic carbocycles. The first kappa shape index (κ1) is 10.7. The molecule has 0 spiro atoms. The van der Waals surface area contributed by atoms with Crippen molar-refractivity contribution < 1.29 is 8.78 Å². The van der Waals surface area contributed by atoms with Gasteiger partial charge in [-0.15, -0.1) is 5.10 Å². The lowest BCUT2D eigenvalue weighted by Gasteiger charge is -2.17. The Morgan fingerprint density at radius 1 is 1.31 bits per heavy atom. The van der Waals surface area contributed by atoms with Crippen molar-refractivity contribution in [3.8, 4) is 0 Å². The van der Waals surface area contributed by atoms with Crippen LogP contribution >= 0.6 is 0 Å². The van der Waals surface area contributed by atoms with Crippen molar-refractivity contribution in [1.82, 2.24) is 0 Å². The van der Waals surface area contributed by atoms with Crippen molar-refractivity contribution in [2.75, 3.05) is 0 Å². The van der Waals surface area contributed by atoms with Gasteiger partial charge in [-0.25, -0.2) is 8.78 Å². The Morgan fingerprint density at radius 3 is 2.75 bits per heavy atom. The van der Waals surface area contributed by atoms with Crippen LogP contribution in [-0.4, -0.2) is 11.5 Å². The first-order valence-electron chi connectivity index (χ1n) is 4.93. The number of amidine groups is 1. The van der Waals surface area contributed by atoms with Crippen molar-refractivity contribution in [2.45, 2.75) is 13.3 Å². The highest BCUT2D eigenvalue weighted by molar-refractivity contribution is 6.05. The van der Waals surface area contributed by atoms with Crippen LogP contribution < -0.4 is 5.73 Å². The predicted octanol–water partition coefficient (Wildman–Crippen LogP) is 2.07. The van der Waals surface area contributed by atoms with Crippen molar-refractivity contribution in [3.63, 3.8) is 0 Å². The van der Waals surface area contributed by atoms with Crippen LogP contribution in [0.2, 0.25) is 0 Å². The molecule has 0 aromatic heterocycles. The lowest BCUT2D eigenvalue weighted by molar-refractivity contribution is 0.595. The standard InChI is InChI=1S/C11H11F2N3/c1-6-4-10(14)15-16-11(6)8-5-7(12)2-3-9(8)13/h2-3,5-6H,4H2,1H3,(H2,14,15). The van der Waals surface area contributed by atoms with Crippen LogP contribution in [-0.2, 0) is 0 Å². The largest absolute Gasteiger partial charge is 0.386 e. The monoisotopic (exact) mass is 223 g/mol. The molecule has 1 aromatic carbocycles. The van der Waals surface area contributed by atoms with Crippen molar-refractivity contribution in [3.05, 3.63) is 35.4 Å². The molecule has 5 heteroatoms. The summed E-state index contributed by atoms with van der Waals surface area (Å²) in [6, 6.07) is 3.29. The minimum Gasteiger partial charge on any atom is -0.386 e. The first-order chi connectivity index (χ1) is 7.58. The summed E-state index contributed by atoms with van der Waals surface area (Å²) in [5, 5.41) is 7.54. The summed E-state index contributed by atoms with van der Waals surface area (Å²) in [6.07, 6.45) is 0.509. The minimum absolute atomic E-state index is 0.0613. The normalized spacial score (nSPS) is 20.3. The molecule has 1 aliphatic rings. The SMILES string of the molecule is CC1CC(N)=NN=C1c1cc(F)ccc1F. The van der Waals surface area contributed by atoms with E-state index in [1.54, 1.807) is 0 Å². The van der Waals surface area contributed by atoms with Gasteiger partial charge in [0.25, 0.3) is 0 Å². The Kier molecular flexibility index (Phi) is 2.68. The molecule has 0 radical (unpaired) electrons. The zero-order valence-electron chi connectivity index (χ0n) is 8.74. The quantitative estimate of drug-likeness (QED) is 0.778. The smallest absolute Gasteiger partial charge is 0.132 e. The third-order valence-corrected chi connectivity index (χ3v) is 2.47. The van der Waals surface area contributed by atoms with Gasteiger partial charge in [-0.1, -0.05) is 6.92 Å². The number of nitrogens with two attached hydrogens (primary N) is 1. The Balaban J connectivity index is 2.48. The molecule has 1 unspecified atom stereocenters. The number of rotatable bonds is 1. The zero-order valence-corrected chi connectivity index (χ0v) is 8.74. The van der Waals surface area contributed by atoms with Gasteiger partial charge in [0, 0.05) is 17.9 Å². The molecule has 84 valence electrons. The van der Waals surface area contributed by atoms with E-state index in [1.807, 2.05) is 6.92 Å². The molecular weight excluding hydrogens is 212 g/mol. The second-order valence-corrected chi connectivity index (χ2v) is 3.81. The van der Waals surface area contributed by atoms with Crippen molar-refractivity contribution in [2.24, 2.45) is 21.9 Å². The Labute approximate surface area is 91.7 Å². The van der Waals surface area contributed by atoms with Crippen LogP contribution in [0.1, 0.15) is 18.9 Å². The lowest BCUT2D eigenvalue weighted by Crippen LogP contribution is -2.25. The third-order valence-electron chi connectivity index (χ3n) is 2.47. The molecule has 1 aromatic rings. The minimum atomic E-state index is -0.498. The molecule has 3 nitrogen and oxygen atoms in total. The van der Waals surface area contributed by atoms with Crippen LogP contribution in [0.3, 0.4) is 0 Å². The molecule has 1 heterocycles. The fourth-order valence-electron chi connectivity index (χ4n) is 1.68. The molecule has 0 saturated carbocycles. The predicted molar refractivity (Wildman–Crippen MR) is 58.3 cm³/mol. The van der Waals surface area contributed by atoms with E-state index in [0.717, 1.165) is 18.2 Å². The average molecular weight is 223 g/mol. The fraction of sp³-hybridized carbons (Fsp3) is 0.273. The van der Waals surface area contributed by atoms with E-state index in [4.69, 9.17) is 5.73 Å². The third kappa shape index (κ3) is 1.93. The maximum Gasteiger partial charge on any atom is 0.132 e. The number of benzene rings is 1. The highest BCUT2D eigenvalue weighted by Crippen LogP contribution is 2.20. The molecule has 2 rings (SSSR count). The van der Waals surface area contributed by atoms with E-state index < -0.39 is 11.6 Å². The molecule has 1 atom stereocenters. The molecule has 0 amide bonds. The highest BCUT2D eigenvalue weighted by Gasteiger charge is 2.21. The molecule has 1 aliphatic heterocycles. The van der Waals surface area contributed by atoms with E-state index in [9.17, 15) is 8.78 Å². The number of hydrogen-bond donors (Lipinski definition) is 1. The van der Waals surface area contributed by atoms with Gasteiger partial charge >= 0.3 is 0 Å². The van der Waals surface area contributed by atoms with Crippen LogP contribution in [0.15, 0.2) is 28.4 Å². The summed E-state index contributed by atoms with van der Waals surface area (Å²) in [7, 11) is 0. The molecule has 0 bridgehead atoms. The van der Waals surface area contributed by atoms with E-state index in [0.29, 0.717) is 18.0 Å². The highest BCUT2D eigenvalue weighted by atomic mass is 19.1. The van der Waals surface area contributed by atoms with Gasteiger partial charge < -0.3 is 5.73 Å². The second-order valence-electron chi connectivity index (χ2n) is 3.81. The summed E-state index contributed by atoms with van der Waals surface area (Å²) < 4.78 is 26.5. The van der Waals surface area contributed by atoms with Gasteiger partial charge in [-0.05, 0) is 18.2 Å². The number of nitrogens with zero attached hydrogens (tertiary/aromatic N) is 2. The maximum absolute atomic E-state index is 13.5. The van der Waals surface area contributed by atoms with E-state index >= 15 is 0 Å². The van der Waals surface area contributed by atoms with E-state index in [-0.39, 0.29) is 11.5 Å². The van der Waals surface area contributed by atoms with Gasteiger partial charge in [0.2, 0.25) is 0 Å². The van der Waals surface area contributed by atoms with Crippen LogP contribution in [0.5, 0.6) is 0 Å². The summed E-state index contributed by atoms with van der Waals surface area (Å²) >= 11 is 0. The molecule has 2 N–H and O–H groups in total. The first-order valence-corrected chi connectivity index (χ1v) is 4.93. The van der Waals surface area contributed by atoms with Gasteiger partial charge in [-0.2, -0.15) is 5.10 Å². The fourth-order valence-corrected chi connectivity index (χ4v) is 1.68. The maximum atomic E-state index is 13.5. The van der Waals surface area contributed by atoms with Crippen molar-refractivity contribution in [1.29, 1.82) is 0 Å². The summed E-state index contributed by atoms with van der Waals surface area (Å²) in [5.74, 6) is -0.640. The Bertz CT molecular complexity index is 480. The van der Waals surface area contributed by atoms with Gasteiger partial charge in [0.05, 0.1) is 5.71 Å². The lowest BCUT2D eigenvalue weighted by atomic mass is 9.94. The Morgan fingerprint density at radius 2 is 2.06 bits per heavy atom. The zero-order chi connectivity index (χ0) is 11.7. The van der Waals surface area contributed by atoms with E-state index in [1.165, 1.54) is 0 Å². The number of hydrogen-bond acceptors (Lipinski definition) is 3. The van der Waals surface area contributed by atoms with E-state index in [2.05, 4.69) is 10.2 Å². The van der Waals surface area contributed by atoms with Crippen molar-refractivity contribution >= 4 is 11.5 Å². The molecular formula is C11H11F2N3. The average Bonchev–Trinajstić information content (AvgIpc) is 2.22. The molecule has 0 fully saturated rings. The summed E-state index contributed by atoms with van der Waals surface area (Å²) in [6.45, 7) is 1.85. The van der Waals surface area contributed by atoms with Crippen LogP contribution in [0.25, 0.3) is 0 Å². The van der Waals surface area contributed by atoms with Crippen LogP contribution in [0.4, 0.5) is 8.78 Å². The van der Waals surface area contributed by atoms with Gasteiger partial charge in [-0.3, -0.25) is 0 Å². The van der Waals surface area contributed by atoms with Gasteiger partial charge in [0.15, 0.2) is 0 Å². The summed E-state index contributed by atoms with van der Waals surface area (Å²) in [4.78, 5) is 0. The second kappa shape index (κ2) is 4.00. The number of halogens is 2. The molecule has 16 heavy (non-hydrogen) atoms. The van der Waals surface area contributed by atoms with Crippen LogP contribution in [0, 0.1) is 17.6 Å². The molecule has 0 saturated heterocycles. The summed E-state index contributed by atoms with van der Waals surface area (Å²) in [5.41, 5.74) is 6.10. The van der Waals surface area contributed by atoms with Gasteiger partial charge in [0.1, 0.15) is 17.5 Å².